The summed E-state index contributed by atoms with van der Waals surface area (Å²) < 4.78 is 2.30. The normalized spacial score (nSPS) is 11.4. The van der Waals surface area contributed by atoms with Crippen molar-refractivity contribution in [3.8, 4) is 28.2 Å². The van der Waals surface area contributed by atoms with Crippen molar-refractivity contribution in [3.63, 3.8) is 0 Å². The van der Waals surface area contributed by atoms with Crippen molar-refractivity contribution in [2.24, 2.45) is 0 Å². The lowest BCUT2D eigenvalue weighted by Gasteiger charge is -2.24. The highest BCUT2D eigenvalue weighted by molar-refractivity contribution is 5.72. The molecule has 0 atom stereocenters. The predicted molar refractivity (Wildman–Crippen MR) is 157 cm³/mol. The first-order valence-electron chi connectivity index (χ1n) is 13.3. The van der Waals surface area contributed by atoms with Gasteiger partial charge in [0.15, 0.2) is 0 Å². The van der Waals surface area contributed by atoms with Crippen LogP contribution in [0.1, 0.15) is 67.3 Å². The summed E-state index contributed by atoms with van der Waals surface area (Å²) in [4.78, 5) is 4.79. The molecule has 0 saturated heterocycles. The van der Waals surface area contributed by atoms with Gasteiger partial charge in [-0.05, 0) is 70.7 Å². The van der Waals surface area contributed by atoms with Crippen LogP contribution in [0.5, 0.6) is 0 Å². The van der Waals surface area contributed by atoms with Gasteiger partial charge < -0.3 is 0 Å². The third-order valence-electron chi connectivity index (χ3n) is 7.12. The summed E-state index contributed by atoms with van der Waals surface area (Å²) in [6.07, 6.45) is 4.97. The van der Waals surface area contributed by atoms with E-state index in [4.69, 9.17) is 4.98 Å². The molecule has 0 fully saturated rings. The second-order valence-corrected chi connectivity index (χ2v) is 10.7. The molecular weight excluding hydrogens is 448 g/mol. The summed E-state index contributed by atoms with van der Waals surface area (Å²) in [7, 11) is 0. The Kier molecular flexibility index (Phi) is 7.10. The zero-order valence-corrected chi connectivity index (χ0v) is 22.6. The first-order valence-corrected chi connectivity index (χ1v) is 13.3. The molecule has 5 rings (SSSR count). The van der Waals surface area contributed by atoms with Gasteiger partial charge in [-0.25, -0.2) is 4.98 Å². The maximum Gasteiger partial charge on any atom is 0.144 e. The van der Waals surface area contributed by atoms with Gasteiger partial charge in [-0.1, -0.05) is 112 Å². The van der Waals surface area contributed by atoms with Crippen molar-refractivity contribution in [2.75, 3.05) is 0 Å². The van der Waals surface area contributed by atoms with E-state index in [1.165, 1.54) is 44.6 Å². The number of rotatable bonds is 7. The van der Waals surface area contributed by atoms with E-state index < -0.39 is 0 Å². The highest BCUT2D eigenvalue weighted by Crippen LogP contribution is 2.38. The fraction of sp³-hybridized carbons (Fsp3) is 0.229. The second-order valence-electron chi connectivity index (χ2n) is 10.7. The Hall–Kier alpha value is -3.91. The van der Waals surface area contributed by atoms with Crippen LogP contribution in [0.25, 0.3) is 28.2 Å². The zero-order valence-electron chi connectivity index (χ0n) is 22.6. The van der Waals surface area contributed by atoms with E-state index in [2.05, 4.69) is 136 Å². The van der Waals surface area contributed by atoms with Crippen molar-refractivity contribution in [2.45, 2.75) is 52.9 Å². The fourth-order valence-electron chi connectivity index (χ4n) is 5.10. The largest absolute Gasteiger partial charge is 0.299 e. The maximum atomic E-state index is 4.79. The number of imidazole rings is 1. The molecule has 186 valence electrons. The Labute approximate surface area is 221 Å². The van der Waals surface area contributed by atoms with Crippen molar-refractivity contribution < 1.29 is 0 Å². The third kappa shape index (κ3) is 5.29. The number of hydrogen-bond acceptors (Lipinski definition) is 1. The van der Waals surface area contributed by atoms with E-state index in [9.17, 15) is 0 Å². The first kappa shape index (κ1) is 24.8. The monoisotopic (exact) mass is 484 g/mol. The smallest absolute Gasteiger partial charge is 0.144 e. The van der Waals surface area contributed by atoms with Crippen LogP contribution < -0.4 is 0 Å². The summed E-state index contributed by atoms with van der Waals surface area (Å²) in [5, 5.41) is 0. The van der Waals surface area contributed by atoms with Crippen molar-refractivity contribution in [1.82, 2.24) is 9.55 Å². The molecule has 37 heavy (non-hydrogen) atoms. The minimum Gasteiger partial charge on any atom is -0.299 e. The Morgan fingerprint density at radius 3 is 1.95 bits per heavy atom. The van der Waals surface area contributed by atoms with Crippen LogP contribution in [0.2, 0.25) is 0 Å². The average Bonchev–Trinajstić information content (AvgIpc) is 3.38. The zero-order chi connectivity index (χ0) is 25.9. The summed E-state index contributed by atoms with van der Waals surface area (Å²) in [5.74, 6) is 1.72. The van der Waals surface area contributed by atoms with E-state index in [-0.39, 0.29) is 0 Å². The molecule has 0 N–H and O–H groups in total. The highest BCUT2D eigenvalue weighted by Gasteiger charge is 2.21. The Morgan fingerprint density at radius 2 is 1.30 bits per heavy atom. The Morgan fingerprint density at radius 1 is 0.649 bits per heavy atom. The minimum atomic E-state index is 0.369. The molecular formula is C35H36N2. The molecule has 0 unspecified atom stereocenters. The topological polar surface area (TPSA) is 17.8 Å². The van der Waals surface area contributed by atoms with Crippen molar-refractivity contribution in [1.29, 1.82) is 0 Å². The maximum absolute atomic E-state index is 4.79. The SMILES string of the molecule is Cc1ccc(-c2nccn2-c2c(C(C)C)cc(-c3cccc(Cc4ccccc4)c3)cc2C(C)C)cc1. The van der Waals surface area contributed by atoms with E-state index in [1.54, 1.807) is 0 Å². The molecule has 4 aromatic carbocycles. The fourth-order valence-corrected chi connectivity index (χ4v) is 5.10. The lowest BCUT2D eigenvalue weighted by molar-refractivity contribution is 0.807. The number of benzene rings is 4. The minimum absolute atomic E-state index is 0.369. The Bertz CT molecular complexity index is 1460. The molecule has 0 aliphatic rings. The molecule has 1 heterocycles. The van der Waals surface area contributed by atoms with Gasteiger partial charge >= 0.3 is 0 Å². The number of hydrogen-bond donors (Lipinski definition) is 0. The van der Waals surface area contributed by atoms with Crippen LogP contribution in [0, 0.1) is 6.92 Å². The highest BCUT2D eigenvalue weighted by atomic mass is 15.1. The van der Waals surface area contributed by atoms with Crippen LogP contribution in [-0.2, 0) is 6.42 Å². The van der Waals surface area contributed by atoms with Crippen LogP contribution in [-0.4, -0.2) is 9.55 Å². The lowest BCUT2D eigenvalue weighted by Crippen LogP contribution is -2.08. The van der Waals surface area contributed by atoms with Crippen molar-refractivity contribution in [3.05, 3.63) is 131 Å². The van der Waals surface area contributed by atoms with Crippen LogP contribution in [0.4, 0.5) is 0 Å². The molecule has 0 amide bonds. The molecule has 0 spiro atoms. The van der Waals surface area contributed by atoms with Gasteiger partial charge in [-0.2, -0.15) is 0 Å². The molecule has 1 aromatic heterocycles. The molecule has 2 heteroatoms. The van der Waals surface area contributed by atoms with Crippen LogP contribution in [0.3, 0.4) is 0 Å². The summed E-state index contributed by atoms with van der Waals surface area (Å²) in [6, 6.07) is 33.2. The van der Waals surface area contributed by atoms with Crippen LogP contribution >= 0.6 is 0 Å². The lowest BCUT2D eigenvalue weighted by atomic mass is 9.87. The predicted octanol–water partition coefficient (Wildman–Crippen LogP) is 9.35. The van der Waals surface area contributed by atoms with Gasteiger partial charge in [0.25, 0.3) is 0 Å². The van der Waals surface area contributed by atoms with Gasteiger partial charge in [0, 0.05) is 18.0 Å². The first-order chi connectivity index (χ1) is 17.9. The van der Waals surface area contributed by atoms with E-state index in [0.717, 1.165) is 17.8 Å². The molecule has 0 aliphatic carbocycles. The average molecular weight is 485 g/mol. The van der Waals surface area contributed by atoms with Gasteiger partial charge in [-0.15, -0.1) is 0 Å². The summed E-state index contributed by atoms with van der Waals surface area (Å²) >= 11 is 0. The number of nitrogens with zero attached hydrogens (tertiary/aromatic N) is 2. The summed E-state index contributed by atoms with van der Waals surface area (Å²) in [6.45, 7) is 11.3. The van der Waals surface area contributed by atoms with Gasteiger partial charge in [0.2, 0.25) is 0 Å². The van der Waals surface area contributed by atoms with Gasteiger partial charge in [0.05, 0.1) is 5.69 Å². The quantitative estimate of drug-likeness (QED) is 0.225. The van der Waals surface area contributed by atoms with Crippen molar-refractivity contribution >= 4 is 0 Å². The standard InChI is InChI=1S/C35H36N2/c1-24(2)32-22-31(30-13-9-12-28(21-30)20-27-10-7-6-8-11-27)23-33(25(3)4)34(32)37-19-18-36-35(37)29-16-14-26(5)15-17-29/h6-19,21-25H,20H2,1-5H3. The second kappa shape index (κ2) is 10.6. The van der Waals surface area contributed by atoms with E-state index in [1.807, 2.05) is 6.20 Å². The van der Waals surface area contributed by atoms with Crippen LogP contribution in [0.15, 0.2) is 103 Å². The Balaban J connectivity index is 1.63. The van der Waals surface area contributed by atoms with E-state index in [0.29, 0.717) is 11.8 Å². The molecule has 5 aromatic rings. The number of aromatic nitrogens is 2. The molecule has 0 aliphatic heterocycles. The molecule has 0 radical (unpaired) electrons. The molecule has 0 saturated carbocycles. The van der Waals surface area contributed by atoms with Gasteiger partial charge in [0.1, 0.15) is 5.82 Å². The molecule has 2 nitrogen and oxygen atoms in total. The van der Waals surface area contributed by atoms with E-state index >= 15 is 0 Å². The van der Waals surface area contributed by atoms with Gasteiger partial charge in [-0.3, -0.25) is 4.57 Å². The summed E-state index contributed by atoms with van der Waals surface area (Å²) in [5.41, 5.74) is 11.6. The number of aryl methyl sites for hydroxylation is 1. The third-order valence-corrected chi connectivity index (χ3v) is 7.12. The molecule has 0 bridgehead atoms.